The minimum absolute atomic E-state index is 0.115. The van der Waals surface area contributed by atoms with Gasteiger partial charge in [0, 0.05) is 5.69 Å². The number of benzene rings is 1. The van der Waals surface area contributed by atoms with E-state index in [1.165, 1.54) is 24.3 Å². The summed E-state index contributed by atoms with van der Waals surface area (Å²) in [6, 6.07) is 4.45. The Bertz CT molecular complexity index is 969. The second-order valence-corrected chi connectivity index (χ2v) is 8.80. The summed E-state index contributed by atoms with van der Waals surface area (Å²) >= 11 is 0. The summed E-state index contributed by atoms with van der Waals surface area (Å²) in [4.78, 5) is 49.4. The Morgan fingerprint density at radius 3 is 2.37 bits per heavy atom. The van der Waals surface area contributed by atoms with Crippen molar-refractivity contribution in [1.29, 1.82) is 0 Å². The van der Waals surface area contributed by atoms with Crippen LogP contribution in [0.1, 0.15) is 32.1 Å². The Morgan fingerprint density at radius 1 is 1.13 bits per heavy atom. The standard InChI is InChI=1S/C18H22N4O7S/c19-30(27,28)13-6-4-12(5-7-13)20-14(23)11-29-15(24)10-22-16(25)18(21-17(22)26)8-2-1-3-9-18/h4-7H,1-3,8-11H2,(H,20,23)(H,21,26)(H2,19,27,28). The van der Waals surface area contributed by atoms with Crippen molar-refractivity contribution in [3.05, 3.63) is 24.3 Å². The molecule has 0 aromatic heterocycles. The van der Waals surface area contributed by atoms with Crippen LogP contribution < -0.4 is 15.8 Å². The van der Waals surface area contributed by atoms with Gasteiger partial charge in [-0.1, -0.05) is 19.3 Å². The Hall–Kier alpha value is -2.99. The van der Waals surface area contributed by atoms with Crippen molar-refractivity contribution < 1.29 is 32.3 Å². The number of ether oxygens (including phenoxy) is 1. The van der Waals surface area contributed by atoms with Crippen molar-refractivity contribution in [2.75, 3.05) is 18.5 Å². The van der Waals surface area contributed by atoms with Gasteiger partial charge in [0.1, 0.15) is 12.1 Å². The van der Waals surface area contributed by atoms with Crippen molar-refractivity contribution >= 4 is 39.5 Å². The monoisotopic (exact) mass is 438 g/mol. The number of esters is 1. The lowest BCUT2D eigenvalue weighted by molar-refractivity contribution is -0.150. The number of nitrogens with two attached hydrogens (primary N) is 1. The molecule has 1 aliphatic heterocycles. The first kappa shape index (κ1) is 21.7. The second-order valence-electron chi connectivity index (χ2n) is 7.24. The number of anilines is 1. The van der Waals surface area contributed by atoms with Crippen molar-refractivity contribution in [3.63, 3.8) is 0 Å². The molecule has 162 valence electrons. The van der Waals surface area contributed by atoms with Crippen LogP contribution >= 0.6 is 0 Å². The molecule has 1 saturated carbocycles. The third kappa shape index (κ3) is 4.76. The molecule has 0 atom stereocenters. The molecule has 30 heavy (non-hydrogen) atoms. The molecule has 1 aliphatic carbocycles. The van der Waals surface area contributed by atoms with Crippen LogP contribution in [0.15, 0.2) is 29.2 Å². The highest BCUT2D eigenvalue weighted by molar-refractivity contribution is 7.89. The zero-order valence-electron chi connectivity index (χ0n) is 16.0. The van der Waals surface area contributed by atoms with Crippen LogP contribution in [0.3, 0.4) is 0 Å². The number of carbonyl (C=O) groups is 4. The van der Waals surface area contributed by atoms with Crippen LogP contribution in [0.25, 0.3) is 0 Å². The van der Waals surface area contributed by atoms with Crippen LogP contribution in [-0.2, 0) is 29.1 Å². The van der Waals surface area contributed by atoms with Gasteiger partial charge in [0.25, 0.3) is 11.8 Å². The predicted octanol–water partition coefficient (Wildman–Crippen LogP) is 0.0704. The Morgan fingerprint density at radius 2 is 1.77 bits per heavy atom. The molecular weight excluding hydrogens is 416 g/mol. The van der Waals surface area contributed by atoms with E-state index in [-0.39, 0.29) is 10.6 Å². The van der Waals surface area contributed by atoms with Crippen molar-refractivity contribution in [2.24, 2.45) is 5.14 Å². The minimum atomic E-state index is -3.85. The summed E-state index contributed by atoms with van der Waals surface area (Å²) in [7, 11) is -3.85. The zero-order valence-corrected chi connectivity index (χ0v) is 16.9. The van der Waals surface area contributed by atoms with E-state index in [2.05, 4.69) is 10.6 Å². The third-order valence-electron chi connectivity index (χ3n) is 5.07. The number of nitrogens with zero attached hydrogens (tertiary/aromatic N) is 1. The first-order valence-electron chi connectivity index (χ1n) is 9.33. The van der Waals surface area contributed by atoms with E-state index in [0.717, 1.165) is 24.2 Å². The van der Waals surface area contributed by atoms with E-state index < -0.39 is 52.5 Å². The third-order valence-corrected chi connectivity index (χ3v) is 6.00. The van der Waals surface area contributed by atoms with E-state index in [1.54, 1.807) is 0 Å². The highest BCUT2D eigenvalue weighted by Gasteiger charge is 2.51. The molecule has 1 heterocycles. The van der Waals surface area contributed by atoms with Crippen LogP contribution in [0.4, 0.5) is 10.5 Å². The minimum Gasteiger partial charge on any atom is -0.454 e. The van der Waals surface area contributed by atoms with E-state index in [1.807, 2.05) is 0 Å². The number of hydrogen-bond donors (Lipinski definition) is 3. The number of hydrogen-bond acceptors (Lipinski definition) is 7. The number of rotatable bonds is 6. The maximum Gasteiger partial charge on any atom is 0.326 e. The van der Waals surface area contributed by atoms with Crippen LogP contribution in [0.5, 0.6) is 0 Å². The molecule has 1 saturated heterocycles. The summed E-state index contributed by atoms with van der Waals surface area (Å²) in [5.74, 6) is -2.01. The summed E-state index contributed by atoms with van der Waals surface area (Å²) < 4.78 is 27.3. The molecular formula is C18H22N4O7S. The fourth-order valence-corrected chi connectivity index (χ4v) is 4.08. The molecule has 4 N–H and O–H groups in total. The normalized spacial score (nSPS) is 18.2. The molecule has 4 amide bonds. The van der Waals surface area contributed by atoms with Crippen LogP contribution in [-0.4, -0.2) is 55.8 Å². The highest BCUT2D eigenvalue weighted by atomic mass is 32.2. The Balaban J connectivity index is 1.49. The first-order chi connectivity index (χ1) is 14.1. The SMILES string of the molecule is NS(=O)(=O)c1ccc(NC(=O)COC(=O)CN2C(=O)NC3(CCCCC3)C2=O)cc1. The van der Waals surface area contributed by atoms with Gasteiger partial charge in [-0.25, -0.2) is 18.4 Å². The molecule has 3 rings (SSSR count). The Kier molecular flexibility index (Phi) is 6.08. The molecule has 2 fully saturated rings. The van der Waals surface area contributed by atoms with E-state index in [4.69, 9.17) is 9.88 Å². The number of primary sulfonamides is 1. The molecule has 2 aliphatic rings. The fraction of sp³-hybridized carbons (Fsp3) is 0.444. The van der Waals surface area contributed by atoms with Gasteiger partial charge in [-0.05, 0) is 37.1 Å². The smallest absolute Gasteiger partial charge is 0.326 e. The average Bonchev–Trinajstić information content (AvgIpc) is 2.90. The zero-order chi connectivity index (χ0) is 21.9. The Labute approximate surface area is 173 Å². The quantitative estimate of drug-likeness (QED) is 0.417. The maximum absolute atomic E-state index is 12.6. The molecule has 1 spiro atoms. The van der Waals surface area contributed by atoms with Gasteiger partial charge in [-0.3, -0.25) is 19.3 Å². The number of urea groups is 1. The van der Waals surface area contributed by atoms with Gasteiger partial charge >= 0.3 is 12.0 Å². The second kappa shape index (κ2) is 8.40. The molecule has 1 aromatic rings. The molecule has 1 aromatic carbocycles. The number of nitrogens with one attached hydrogen (secondary N) is 2. The van der Waals surface area contributed by atoms with Crippen LogP contribution in [0.2, 0.25) is 0 Å². The molecule has 0 radical (unpaired) electrons. The molecule has 11 nitrogen and oxygen atoms in total. The number of carbonyl (C=O) groups excluding carboxylic acids is 4. The number of imide groups is 1. The van der Waals surface area contributed by atoms with Crippen molar-refractivity contribution in [1.82, 2.24) is 10.2 Å². The van der Waals surface area contributed by atoms with Crippen molar-refractivity contribution in [2.45, 2.75) is 42.5 Å². The van der Waals surface area contributed by atoms with Gasteiger partial charge in [-0.2, -0.15) is 0 Å². The average molecular weight is 438 g/mol. The largest absolute Gasteiger partial charge is 0.454 e. The lowest BCUT2D eigenvalue weighted by atomic mass is 9.82. The first-order valence-corrected chi connectivity index (χ1v) is 10.9. The van der Waals surface area contributed by atoms with E-state index in [0.29, 0.717) is 12.8 Å². The lowest BCUT2D eigenvalue weighted by Gasteiger charge is -2.30. The number of sulfonamides is 1. The van der Waals surface area contributed by atoms with Crippen molar-refractivity contribution in [3.8, 4) is 0 Å². The van der Waals surface area contributed by atoms with Gasteiger partial charge in [0.05, 0.1) is 4.90 Å². The maximum atomic E-state index is 12.6. The lowest BCUT2D eigenvalue weighted by Crippen LogP contribution is -2.48. The summed E-state index contributed by atoms with van der Waals surface area (Å²) in [5.41, 5.74) is -0.660. The number of amides is 4. The molecule has 12 heteroatoms. The topological polar surface area (TPSA) is 165 Å². The van der Waals surface area contributed by atoms with Crippen LogP contribution in [0, 0.1) is 0 Å². The summed E-state index contributed by atoms with van der Waals surface area (Å²) in [6.07, 6.45) is 3.71. The van der Waals surface area contributed by atoms with Gasteiger partial charge in [-0.15, -0.1) is 0 Å². The molecule has 0 unspecified atom stereocenters. The van der Waals surface area contributed by atoms with E-state index in [9.17, 15) is 27.6 Å². The fourth-order valence-electron chi connectivity index (χ4n) is 3.56. The highest BCUT2D eigenvalue weighted by Crippen LogP contribution is 2.33. The van der Waals surface area contributed by atoms with Gasteiger partial charge in [0.15, 0.2) is 6.61 Å². The predicted molar refractivity (Wildman–Crippen MR) is 103 cm³/mol. The van der Waals surface area contributed by atoms with Gasteiger partial charge < -0.3 is 15.4 Å². The molecule has 0 bridgehead atoms. The summed E-state index contributed by atoms with van der Waals surface area (Å²) in [5, 5.41) is 10.1. The van der Waals surface area contributed by atoms with Gasteiger partial charge in [0.2, 0.25) is 10.0 Å². The van der Waals surface area contributed by atoms with E-state index >= 15 is 0 Å². The summed E-state index contributed by atoms with van der Waals surface area (Å²) in [6.45, 7) is -1.21.